The Morgan fingerprint density at radius 1 is 1.00 bits per heavy atom. The summed E-state index contributed by atoms with van der Waals surface area (Å²) in [6.07, 6.45) is 7.52. The van der Waals surface area contributed by atoms with Gasteiger partial charge in [0.2, 0.25) is 11.9 Å². The van der Waals surface area contributed by atoms with Crippen LogP contribution in [0.5, 0.6) is 0 Å². The number of hydrogen-bond donors (Lipinski definition) is 1. The quantitative estimate of drug-likeness (QED) is 0.865. The zero-order valence-electron chi connectivity index (χ0n) is 16.3. The second kappa shape index (κ2) is 9.15. The van der Waals surface area contributed by atoms with E-state index in [-0.39, 0.29) is 11.8 Å². The van der Waals surface area contributed by atoms with E-state index in [0.717, 1.165) is 57.8 Å². The van der Waals surface area contributed by atoms with Gasteiger partial charge in [0.15, 0.2) is 0 Å². The summed E-state index contributed by atoms with van der Waals surface area (Å²) in [6, 6.07) is 12.7. The van der Waals surface area contributed by atoms with Crippen LogP contribution in [0.1, 0.15) is 31.2 Å². The molecule has 1 aromatic carbocycles. The fourth-order valence-electron chi connectivity index (χ4n) is 4.22. The maximum atomic E-state index is 12.8. The standard InChI is InChI=1S/C22H29N5O/c28-21(19-8-4-13-27(17-19)22-23-11-5-12-24-22)25-20-9-14-26(15-10-20)16-18-6-2-1-3-7-18/h1-3,5-7,11-12,19-20H,4,8-10,13-17H2,(H,25,28)/t19-/m0/s1. The first-order valence-electron chi connectivity index (χ1n) is 10.4. The third-order valence-electron chi connectivity index (χ3n) is 5.81. The van der Waals surface area contributed by atoms with Gasteiger partial charge in [0, 0.05) is 51.2 Å². The van der Waals surface area contributed by atoms with E-state index in [2.05, 4.69) is 55.4 Å². The Morgan fingerprint density at radius 3 is 2.50 bits per heavy atom. The third kappa shape index (κ3) is 4.87. The smallest absolute Gasteiger partial charge is 0.225 e. The highest BCUT2D eigenvalue weighted by Gasteiger charge is 2.29. The summed E-state index contributed by atoms with van der Waals surface area (Å²) in [5.74, 6) is 0.955. The average molecular weight is 380 g/mol. The second-order valence-electron chi connectivity index (χ2n) is 7.88. The van der Waals surface area contributed by atoms with Gasteiger partial charge in [-0.05, 0) is 37.3 Å². The average Bonchev–Trinajstić information content (AvgIpc) is 2.76. The zero-order chi connectivity index (χ0) is 19.2. The van der Waals surface area contributed by atoms with Crippen molar-refractivity contribution in [3.8, 4) is 0 Å². The first-order chi connectivity index (χ1) is 13.8. The molecule has 0 unspecified atom stereocenters. The summed E-state index contributed by atoms with van der Waals surface area (Å²) in [6.45, 7) is 4.70. The lowest BCUT2D eigenvalue weighted by molar-refractivity contribution is -0.126. The lowest BCUT2D eigenvalue weighted by Crippen LogP contribution is -2.49. The molecule has 28 heavy (non-hydrogen) atoms. The van der Waals surface area contributed by atoms with Crippen molar-refractivity contribution < 1.29 is 4.79 Å². The minimum absolute atomic E-state index is 0.0277. The number of nitrogens with one attached hydrogen (secondary N) is 1. The summed E-state index contributed by atoms with van der Waals surface area (Å²) in [7, 11) is 0. The molecule has 0 aliphatic carbocycles. The number of nitrogens with zero attached hydrogens (tertiary/aromatic N) is 4. The second-order valence-corrected chi connectivity index (χ2v) is 7.88. The van der Waals surface area contributed by atoms with Gasteiger partial charge in [-0.25, -0.2) is 9.97 Å². The van der Waals surface area contributed by atoms with E-state index < -0.39 is 0 Å². The van der Waals surface area contributed by atoms with Crippen molar-refractivity contribution in [2.24, 2.45) is 5.92 Å². The monoisotopic (exact) mass is 379 g/mol. The number of likely N-dealkylation sites (tertiary alicyclic amines) is 1. The van der Waals surface area contributed by atoms with Crippen LogP contribution >= 0.6 is 0 Å². The van der Waals surface area contributed by atoms with Crippen LogP contribution < -0.4 is 10.2 Å². The molecule has 3 heterocycles. The van der Waals surface area contributed by atoms with E-state index >= 15 is 0 Å². The fourth-order valence-corrected chi connectivity index (χ4v) is 4.22. The summed E-state index contributed by atoms with van der Waals surface area (Å²) >= 11 is 0. The van der Waals surface area contributed by atoms with E-state index in [9.17, 15) is 4.79 Å². The van der Waals surface area contributed by atoms with Gasteiger partial charge in [-0.1, -0.05) is 30.3 Å². The Labute approximate surface area is 167 Å². The molecule has 2 fully saturated rings. The molecule has 1 aromatic heterocycles. The lowest BCUT2D eigenvalue weighted by atomic mass is 9.96. The summed E-state index contributed by atoms with van der Waals surface area (Å²) in [4.78, 5) is 26.1. The van der Waals surface area contributed by atoms with Gasteiger partial charge in [-0.2, -0.15) is 0 Å². The van der Waals surface area contributed by atoms with E-state index in [1.165, 1.54) is 5.56 Å². The van der Waals surface area contributed by atoms with Crippen LogP contribution in [0, 0.1) is 5.92 Å². The Hall–Kier alpha value is -2.47. The number of aromatic nitrogens is 2. The summed E-state index contributed by atoms with van der Waals surface area (Å²) in [5, 5.41) is 3.31. The number of carbonyl (C=O) groups excluding carboxylic acids is 1. The van der Waals surface area contributed by atoms with Crippen molar-refractivity contribution in [3.05, 3.63) is 54.4 Å². The molecule has 1 atom stereocenters. The topological polar surface area (TPSA) is 61.4 Å². The molecule has 0 bridgehead atoms. The SMILES string of the molecule is O=C(NC1CCN(Cc2ccccc2)CC1)[C@H]1CCCN(c2ncccn2)C1. The van der Waals surface area contributed by atoms with Crippen molar-refractivity contribution in [3.63, 3.8) is 0 Å². The van der Waals surface area contributed by atoms with Crippen LogP contribution in [0.3, 0.4) is 0 Å². The fraction of sp³-hybridized carbons (Fsp3) is 0.500. The minimum atomic E-state index is 0.0277. The first-order valence-corrected chi connectivity index (χ1v) is 10.4. The van der Waals surface area contributed by atoms with Gasteiger partial charge in [0.1, 0.15) is 0 Å². The van der Waals surface area contributed by atoms with Crippen LogP contribution in [0.15, 0.2) is 48.8 Å². The largest absolute Gasteiger partial charge is 0.353 e. The molecule has 0 spiro atoms. The van der Waals surface area contributed by atoms with Crippen molar-refractivity contribution >= 4 is 11.9 Å². The maximum Gasteiger partial charge on any atom is 0.225 e. The van der Waals surface area contributed by atoms with Crippen LogP contribution in [0.2, 0.25) is 0 Å². The molecule has 6 nitrogen and oxygen atoms in total. The highest BCUT2D eigenvalue weighted by atomic mass is 16.2. The molecule has 6 heteroatoms. The van der Waals surface area contributed by atoms with Crippen LogP contribution in [-0.2, 0) is 11.3 Å². The van der Waals surface area contributed by atoms with Crippen LogP contribution in [0.4, 0.5) is 5.95 Å². The van der Waals surface area contributed by atoms with Crippen LogP contribution in [0.25, 0.3) is 0 Å². The van der Waals surface area contributed by atoms with E-state index in [4.69, 9.17) is 0 Å². The molecule has 2 aromatic rings. The number of piperidine rings is 2. The van der Waals surface area contributed by atoms with E-state index in [0.29, 0.717) is 12.6 Å². The molecule has 2 saturated heterocycles. The Morgan fingerprint density at radius 2 is 1.75 bits per heavy atom. The Balaban J connectivity index is 1.24. The highest BCUT2D eigenvalue weighted by Crippen LogP contribution is 2.21. The van der Waals surface area contributed by atoms with E-state index in [1.807, 2.05) is 6.07 Å². The molecule has 4 rings (SSSR count). The van der Waals surface area contributed by atoms with E-state index in [1.54, 1.807) is 12.4 Å². The molecule has 2 aliphatic heterocycles. The number of anilines is 1. The van der Waals surface area contributed by atoms with Gasteiger partial charge in [-0.3, -0.25) is 9.69 Å². The Kier molecular flexibility index (Phi) is 6.17. The molecular formula is C22H29N5O. The highest BCUT2D eigenvalue weighted by molar-refractivity contribution is 5.79. The van der Waals surface area contributed by atoms with Gasteiger partial charge < -0.3 is 10.2 Å². The molecule has 1 amide bonds. The van der Waals surface area contributed by atoms with Gasteiger partial charge in [-0.15, -0.1) is 0 Å². The Bertz CT molecular complexity index is 746. The summed E-state index contributed by atoms with van der Waals surface area (Å²) in [5.41, 5.74) is 1.36. The number of amides is 1. The first kappa shape index (κ1) is 18.9. The minimum Gasteiger partial charge on any atom is -0.353 e. The normalized spacial score (nSPS) is 21.4. The number of hydrogen-bond acceptors (Lipinski definition) is 5. The summed E-state index contributed by atoms with van der Waals surface area (Å²) < 4.78 is 0. The molecule has 148 valence electrons. The molecule has 1 N–H and O–H groups in total. The zero-order valence-corrected chi connectivity index (χ0v) is 16.3. The van der Waals surface area contributed by atoms with Crippen molar-refractivity contribution in [2.75, 3.05) is 31.1 Å². The van der Waals surface area contributed by atoms with Gasteiger partial charge in [0.25, 0.3) is 0 Å². The van der Waals surface area contributed by atoms with Crippen molar-refractivity contribution in [1.82, 2.24) is 20.2 Å². The van der Waals surface area contributed by atoms with Gasteiger partial charge in [0.05, 0.1) is 5.92 Å². The lowest BCUT2D eigenvalue weighted by Gasteiger charge is -2.35. The van der Waals surface area contributed by atoms with Crippen LogP contribution in [-0.4, -0.2) is 53.0 Å². The molecule has 2 aliphatic rings. The van der Waals surface area contributed by atoms with Crippen molar-refractivity contribution in [1.29, 1.82) is 0 Å². The molecule has 0 saturated carbocycles. The number of benzene rings is 1. The van der Waals surface area contributed by atoms with Gasteiger partial charge >= 0.3 is 0 Å². The van der Waals surface area contributed by atoms with Crippen molar-refractivity contribution in [2.45, 2.75) is 38.3 Å². The third-order valence-corrected chi connectivity index (χ3v) is 5.81. The maximum absolute atomic E-state index is 12.8. The molecule has 0 radical (unpaired) electrons. The number of rotatable bonds is 5. The predicted molar refractivity (Wildman–Crippen MR) is 110 cm³/mol. The predicted octanol–water partition coefficient (Wildman–Crippen LogP) is 2.47. The molecular weight excluding hydrogens is 350 g/mol. The number of carbonyl (C=O) groups is 1.